The van der Waals surface area contributed by atoms with Crippen molar-refractivity contribution in [1.82, 2.24) is 4.72 Å². The van der Waals surface area contributed by atoms with Crippen LogP contribution in [0.25, 0.3) is 0 Å². The first-order valence-electron chi connectivity index (χ1n) is 4.60. The van der Waals surface area contributed by atoms with E-state index >= 15 is 0 Å². The van der Waals surface area contributed by atoms with Crippen LogP contribution in [0.4, 0.5) is 0 Å². The zero-order valence-corrected chi connectivity index (χ0v) is 10.2. The summed E-state index contributed by atoms with van der Waals surface area (Å²) in [5.41, 5.74) is 0. The first-order chi connectivity index (χ1) is 5.58. The molecule has 13 heavy (non-hydrogen) atoms. The van der Waals surface area contributed by atoms with Crippen LogP contribution >= 0.6 is 0 Å². The summed E-state index contributed by atoms with van der Waals surface area (Å²) in [5, 5.41) is 0. The molecule has 0 fully saturated rings. The summed E-state index contributed by atoms with van der Waals surface area (Å²) in [6, 6.07) is -0.00998. The molecule has 0 radical (unpaired) electrons. The number of hydrogen-bond acceptors (Lipinski definition) is 2. The average Bonchev–Trinajstić information content (AvgIpc) is 1.83. The molecular weight excluding hydrogens is 186 g/mol. The zero-order valence-electron chi connectivity index (χ0n) is 9.38. The highest BCUT2D eigenvalue weighted by Crippen LogP contribution is 2.15. The molecule has 0 saturated carbocycles. The van der Waals surface area contributed by atoms with Gasteiger partial charge in [0, 0.05) is 6.04 Å². The standard InChI is InChI=1S/C9H21NO2S/c1-7(2)8(3)10-13(11,12)9(4,5)6/h7-8,10H,1-6H3. The van der Waals surface area contributed by atoms with Crippen molar-refractivity contribution in [3.05, 3.63) is 0 Å². The van der Waals surface area contributed by atoms with Crippen LogP contribution in [0.5, 0.6) is 0 Å². The molecule has 0 rings (SSSR count). The zero-order chi connectivity index (χ0) is 10.9. The summed E-state index contributed by atoms with van der Waals surface area (Å²) in [7, 11) is -3.19. The van der Waals surface area contributed by atoms with Crippen LogP contribution < -0.4 is 4.72 Å². The Morgan fingerprint density at radius 3 is 1.69 bits per heavy atom. The molecule has 0 heterocycles. The first kappa shape index (κ1) is 12.9. The van der Waals surface area contributed by atoms with E-state index in [1.165, 1.54) is 0 Å². The van der Waals surface area contributed by atoms with Gasteiger partial charge in [0.05, 0.1) is 4.75 Å². The summed E-state index contributed by atoms with van der Waals surface area (Å²) < 4.78 is 25.3. The van der Waals surface area contributed by atoms with E-state index in [0.717, 1.165) is 0 Å². The van der Waals surface area contributed by atoms with Crippen molar-refractivity contribution < 1.29 is 8.42 Å². The number of sulfonamides is 1. The minimum Gasteiger partial charge on any atom is -0.212 e. The van der Waals surface area contributed by atoms with Crippen LogP contribution in [0.2, 0.25) is 0 Å². The van der Waals surface area contributed by atoms with Crippen LogP contribution in [-0.2, 0) is 10.0 Å². The molecule has 0 spiro atoms. The topological polar surface area (TPSA) is 46.2 Å². The predicted octanol–water partition coefficient (Wildman–Crippen LogP) is 1.75. The lowest BCUT2D eigenvalue weighted by Crippen LogP contribution is -2.45. The Labute approximate surface area is 82.0 Å². The molecule has 0 aliphatic rings. The van der Waals surface area contributed by atoms with E-state index in [4.69, 9.17) is 0 Å². The van der Waals surface area contributed by atoms with Gasteiger partial charge in [-0.3, -0.25) is 0 Å². The van der Waals surface area contributed by atoms with Crippen LogP contribution in [0, 0.1) is 5.92 Å². The second-order valence-electron chi connectivity index (χ2n) is 4.77. The fourth-order valence-electron chi connectivity index (χ4n) is 0.558. The molecule has 0 aliphatic heterocycles. The van der Waals surface area contributed by atoms with E-state index in [-0.39, 0.29) is 6.04 Å². The molecular formula is C9H21NO2S. The van der Waals surface area contributed by atoms with E-state index in [1.807, 2.05) is 20.8 Å². The highest BCUT2D eigenvalue weighted by molar-refractivity contribution is 7.90. The van der Waals surface area contributed by atoms with Crippen molar-refractivity contribution in [1.29, 1.82) is 0 Å². The van der Waals surface area contributed by atoms with Crippen molar-refractivity contribution in [2.75, 3.05) is 0 Å². The minimum absolute atomic E-state index is 0.00998. The third-order valence-electron chi connectivity index (χ3n) is 2.15. The van der Waals surface area contributed by atoms with Crippen LogP contribution in [0.3, 0.4) is 0 Å². The van der Waals surface area contributed by atoms with E-state index < -0.39 is 14.8 Å². The van der Waals surface area contributed by atoms with Crippen molar-refractivity contribution >= 4 is 10.0 Å². The van der Waals surface area contributed by atoms with Gasteiger partial charge >= 0.3 is 0 Å². The number of nitrogens with one attached hydrogen (secondary N) is 1. The maximum atomic E-state index is 11.7. The van der Waals surface area contributed by atoms with Gasteiger partial charge in [0.25, 0.3) is 0 Å². The second-order valence-corrected chi connectivity index (χ2v) is 7.23. The predicted molar refractivity (Wildman–Crippen MR) is 56.1 cm³/mol. The van der Waals surface area contributed by atoms with Gasteiger partial charge in [-0.25, -0.2) is 13.1 Å². The molecule has 1 N–H and O–H groups in total. The SMILES string of the molecule is CC(C)C(C)NS(=O)(=O)C(C)(C)C. The molecule has 0 aromatic carbocycles. The molecule has 0 amide bonds. The molecule has 3 nitrogen and oxygen atoms in total. The van der Waals surface area contributed by atoms with Gasteiger partial charge in [-0.05, 0) is 33.6 Å². The summed E-state index contributed by atoms with van der Waals surface area (Å²) in [6.07, 6.45) is 0. The Morgan fingerprint density at radius 1 is 1.08 bits per heavy atom. The van der Waals surface area contributed by atoms with Gasteiger partial charge in [-0.15, -0.1) is 0 Å². The first-order valence-corrected chi connectivity index (χ1v) is 6.08. The van der Waals surface area contributed by atoms with E-state index in [2.05, 4.69) is 4.72 Å². The Balaban J connectivity index is 4.55. The smallest absolute Gasteiger partial charge is 0.212 e. The quantitative estimate of drug-likeness (QED) is 0.766. The molecule has 0 aromatic heterocycles. The maximum absolute atomic E-state index is 11.7. The number of rotatable bonds is 3. The molecule has 0 aromatic rings. The Hall–Kier alpha value is -0.0900. The molecule has 1 unspecified atom stereocenters. The van der Waals surface area contributed by atoms with Crippen molar-refractivity contribution in [3.8, 4) is 0 Å². The Morgan fingerprint density at radius 2 is 1.46 bits per heavy atom. The molecule has 80 valence electrons. The van der Waals surface area contributed by atoms with E-state index in [9.17, 15) is 8.42 Å². The van der Waals surface area contributed by atoms with Gasteiger partial charge in [0.1, 0.15) is 0 Å². The fraction of sp³-hybridized carbons (Fsp3) is 1.00. The maximum Gasteiger partial charge on any atom is 0.216 e. The van der Waals surface area contributed by atoms with Gasteiger partial charge in [-0.2, -0.15) is 0 Å². The van der Waals surface area contributed by atoms with E-state index in [1.54, 1.807) is 20.8 Å². The third-order valence-corrected chi connectivity index (χ3v) is 4.44. The van der Waals surface area contributed by atoms with Crippen molar-refractivity contribution in [3.63, 3.8) is 0 Å². The lowest BCUT2D eigenvalue weighted by Gasteiger charge is -2.24. The largest absolute Gasteiger partial charge is 0.216 e. The fourth-order valence-corrected chi connectivity index (χ4v) is 1.67. The normalized spacial score (nSPS) is 16.2. The summed E-state index contributed by atoms with van der Waals surface area (Å²) >= 11 is 0. The van der Waals surface area contributed by atoms with E-state index in [0.29, 0.717) is 5.92 Å². The second kappa shape index (κ2) is 3.96. The molecule has 4 heteroatoms. The molecule has 0 bridgehead atoms. The van der Waals surface area contributed by atoms with Crippen LogP contribution in [-0.4, -0.2) is 19.2 Å². The summed E-state index contributed by atoms with van der Waals surface area (Å²) in [5.74, 6) is 0.317. The van der Waals surface area contributed by atoms with Gasteiger partial charge < -0.3 is 0 Å². The Bertz CT molecular complexity index is 249. The third kappa shape index (κ3) is 3.65. The molecule has 1 atom stereocenters. The Kier molecular flexibility index (Phi) is 3.94. The highest BCUT2D eigenvalue weighted by atomic mass is 32.2. The lowest BCUT2D eigenvalue weighted by atomic mass is 10.1. The lowest BCUT2D eigenvalue weighted by molar-refractivity contribution is 0.464. The van der Waals surface area contributed by atoms with Gasteiger partial charge in [-0.1, -0.05) is 13.8 Å². The van der Waals surface area contributed by atoms with Gasteiger partial charge in [0.15, 0.2) is 0 Å². The molecule has 0 saturated heterocycles. The summed E-state index contributed by atoms with van der Waals surface area (Å²) in [4.78, 5) is 0. The van der Waals surface area contributed by atoms with Crippen molar-refractivity contribution in [2.24, 2.45) is 5.92 Å². The van der Waals surface area contributed by atoms with Gasteiger partial charge in [0.2, 0.25) is 10.0 Å². The highest BCUT2D eigenvalue weighted by Gasteiger charge is 2.30. The minimum atomic E-state index is -3.19. The van der Waals surface area contributed by atoms with Crippen LogP contribution in [0.1, 0.15) is 41.5 Å². The average molecular weight is 207 g/mol. The van der Waals surface area contributed by atoms with Crippen molar-refractivity contribution in [2.45, 2.75) is 52.3 Å². The molecule has 0 aliphatic carbocycles. The van der Waals surface area contributed by atoms with Crippen LogP contribution in [0.15, 0.2) is 0 Å². The number of hydrogen-bond donors (Lipinski definition) is 1. The summed E-state index contributed by atoms with van der Waals surface area (Å²) in [6.45, 7) is 11.0. The monoisotopic (exact) mass is 207 g/mol.